The molecule has 126 valence electrons. The summed E-state index contributed by atoms with van der Waals surface area (Å²) >= 11 is 0. The lowest BCUT2D eigenvalue weighted by molar-refractivity contribution is 0.341. The van der Waals surface area contributed by atoms with E-state index in [0.29, 0.717) is 6.04 Å². The van der Waals surface area contributed by atoms with Gasteiger partial charge in [-0.3, -0.25) is 0 Å². The molecule has 2 atom stereocenters. The van der Waals surface area contributed by atoms with Crippen molar-refractivity contribution in [3.05, 3.63) is 11.6 Å². The molecule has 2 heteroatoms. The summed E-state index contributed by atoms with van der Waals surface area (Å²) in [6, 6.07) is 0.408. The fourth-order valence-corrected chi connectivity index (χ4v) is 2.79. The summed E-state index contributed by atoms with van der Waals surface area (Å²) < 4.78 is 0. The molecule has 0 radical (unpaired) electrons. The van der Waals surface area contributed by atoms with Crippen molar-refractivity contribution in [2.75, 3.05) is 6.61 Å². The minimum Gasteiger partial charge on any atom is -0.392 e. The van der Waals surface area contributed by atoms with Crippen LogP contribution in [0.3, 0.4) is 0 Å². The van der Waals surface area contributed by atoms with Gasteiger partial charge in [-0.05, 0) is 44.4 Å². The second-order valence-corrected chi connectivity index (χ2v) is 7.25. The van der Waals surface area contributed by atoms with E-state index in [1.165, 1.54) is 56.9 Å². The molecule has 21 heavy (non-hydrogen) atoms. The summed E-state index contributed by atoms with van der Waals surface area (Å²) in [7, 11) is 0. The van der Waals surface area contributed by atoms with Crippen LogP contribution in [-0.4, -0.2) is 17.8 Å². The first kappa shape index (κ1) is 20.7. The molecule has 0 saturated heterocycles. The second kappa shape index (κ2) is 13.3. The van der Waals surface area contributed by atoms with E-state index < -0.39 is 0 Å². The first-order chi connectivity index (χ1) is 9.95. The third-order valence-corrected chi connectivity index (χ3v) is 4.34. The van der Waals surface area contributed by atoms with E-state index in [1.807, 2.05) is 6.08 Å². The van der Waals surface area contributed by atoms with Gasteiger partial charge >= 0.3 is 0 Å². The molecule has 0 unspecified atom stereocenters. The van der Waals surface area contributed by atoms with Crippen molar-refractivity contribution in [1.82, 2.24) is 0 Å². The maximum Gasteiger partial charge on any atom is 0.0614 e. The molecule has 2 nitrogen and oxygen atoms in total. The maximum atomic E-state index is 8.82. The standard InChI is InChI=1S/C19H39NO/c1-16(2)8-5-12-19(20)13-7-11-17(3)9-6-10-18(4)14-15-21/h14,16-17,19,21H,5-13,15,20H2,1-4H3/b18-14+/t17-,19+/m0/s1. The molecule has 3 N–H and O–H groups in total. The minimum absolute atomic E-state index is 0.177. The Kier molecular flexibility index (Phi) is 13.1. The first-order valence-electron chi connectivity index (χ1n) is 8.97. The van der Waals surface area contributed by atoms with Gasteiger partial charge in [-0.25, -0.2) is 0 Å². The highest BCUT2D eigenvalue weighted by Crippen LogP contribution is 2.18. The Morgan fingerprint density at radius 1 is 0.952 bits per heavy atom. The van der Waals surface area contributed by atoms with Crippen molar-refractivity contribution >= 4 is 0 Å². The van der Waals surface area contributed by atoms with Crippen LogP contribution in [0.25, 0.3) is 0 Å². The lowest BCUT2D eigenvalue weighted by Gasteiger charge is -2.15. The first-order valence-corrected chi connectivity index (χ1v) is 8.97. The lowest BCUT2D eigenvalue weighted by atomic mass is 9.94. The molecule has 0 heterocycles. The van der Waals surface area contributed by atoms with Gasteiger partial charge in [0.2, 0.25) is 0 Å². The maximum absolute atomic E-state index is 8.82. The Morgan fingerprint density at radius 3 is 2.10 bits per heavy atom. The normalized spacial score (nSPS) is 15.5. The van der Waals surface area contributed by atoms with Crippen LogP contribution in [0.2, 0.25) is 0 Å². The third kappa shape index (κ3) is 14.4. The van der Waals surface area contributed by atoms with Gasteiger partial charge < -0.3 is 10.8 Å². The highest BCUT2D eigenvalue weighted by atomic mass is 16.2. The van der Waals surface area contributed by atoms with Crippen molar-refractivity contribution in [3.8, 4) is 0 Å². The summed E-state index contributed by atoms with van der Waals surface area (Å²) in [6.45, 7) is 9.21. The van der Waals surface area contributed by atoms with E-state index in [9.17, 15) is 0 Å². The van der Waals surface area contributed by atoms with Gasteiger partial charge in [0.05, 0.1) is 6.61 Å². The number of aliphatic hydroxyl groups excluding tert-OH is 1. The molecule has 0 aromatic carbocycles. The predicted octanol–water partition coefficient (Wildman–Crippen LogP) is 5.06. The van der Waals surface area contributed by atoms with Crippen LogP contribution in [0.15, 0.2) is 11.6 Å². The molecule has 0 rings (SSSR count). The largest absolute Gasteiger partial charge is 0.392 e. The smallest absolute Gasteiger partial charge is 0.0614 e. The van der Waals surface area contributed by atoms with Crippen LogP contribution < -0.4 is 5.73 Å². The van der Waals surface area contributed by atoms with Crippen molar-refractivity contribution in [1.29, 1.82) is 0 Å². The SMILES string of the molecule is C/C(=C\CO)CCC[C@H](C)CCC[C@H](N)CCCC(C)C. The van der Waals surface area contributed by atoms with Crippen LogP contribution in [0, 0.1) is 11.8 Å². The highest BCUT2D eigenvalue weighted by Gasteiger charge is 2.06. The second-order valence-electron chi connectivity index (χ2n) is 7.25. The number of hydrogen-bond donors (Lipinski definition) is 2. The molecule has 0 aliphatic heterocycles. The predicted molar refractivity (Wildman–Crippen MR) is 94.4 cm³/mol. The van der Waals surface area contributed by atoms with Crippen LogP contribution >= 0.6 is 0 Å². The molecular weight excluding hydrogens is 258 g/mol. The third-order valence-electron chi connectivity index (χ3n) is 4.34. The van der Waals surface area contributed by atoms with Gasteiger partial charge in [0.1, 0.15) is 0 Å². The molecule has 0 spiro atoms. The zero-order valence-corrected chi connectivity index (χ0v) is 14.9. The fraction of sp³-hybridized carbons (Fsp3) is 0.895. The molecule has 0 aliphatic carbocycles. The van der Waals surface area contributed by atoms with Gasteiger partial charge in [0.15, 0.2) is 0 Å². The zero-order chi connectivity index (χ0) is 16.1. The van der Waals surface area contributed by atoms with Gasteiger partial charge in [0, 0.05) is 6.04 Å². The summed E-state index contributed by atoms with van der Waals surface area (Å²) in [4.78, 5) is 0. The van der Waals surface area contributed by atoms with Crippen molar-refractivity contribution < 1.29 is 5.11 Å². The van der Waals surface area contributed by atoms with E-state index in [2.05, 4.69) is 27.7 Å². The topological polar surface area (TPSA) is 46.2 Å². The molecule has 0 aromatic rings. The number of nitrogens with two attached hydrogens (primary N) is 1. The Balaban J connectivity index is 3.52. The van der Waals surface area contributed by atoms with Crippen LogP contribution in [-0.2, 0) is 0 Å². The Morgan fingerprint density at radius 2 is 1.52 bits per heavy atom. The molecule has 0 fully saturated rings. The quantitative estimate of drug-likeness (QED) is 0.467. The average molecular weight is 298 g/mol. The summed E-state index contributed by atoms with van der Waals surface area (Å²) in [6.07, 6.45) is 13.1. The summed E-state index contributed by atoms with van der Waals surface area (Å²) in [5.41, 5.74) is 7.50. The van der Waals surface area contributed by atoms with Crippen molar-refractivity contribution in [3.63, 3.8) is 0 Å². The minimum atomic E-state index is 0.177. The summed E-state index contributed by atoms with van der Waals surface area (Å²) in [5.74, 6) is 1.61. The van der Waals surface area contributed by atoms with E-state index in [-0.39, 0.29) is 6.61 Å². The Bertz CT molecular complexity index is 260. The lowest BCUT2D eigenvalue weighted by Crippen LogP contribution is -2.20. The van der Waals surface area contributed by atoms with E-state index in [4.69, 9.17) is 10.8 Å². The van der Waals surface area contributed by atoms with E-state index in [0.717, 1.165) is 18.3 Å². The number of aliphatic hydroxyl groups is 1. The monoisotopic (exact) mass is 297 g/mol. The Hall–Kier alpha value is -0.340. The van der Waals surface area contributed by atoms with Gasteiger partial charge in [0.25, 0.3) is 0 Å². The highest BCUT2D eigenvalue weighted by molar-refractivity contribution is 4.97. The number of hydrogen-bond acceptors (Lipinski definition) is 2. The van der Waals surface area contributed by atoms with Crippen LogP contribution in [0.4, 0.5) is 0 Å². The van der Waals surface area contributed by atoms with Crippen molar-refractivity contribution in [2.24, 2.45) is 17.6 Å². The molecule has 0 amide bonds. The Labute approximate surface area is 133 Å². The molecule has 0 bridgehead atoms. The molecule has 0 saturated carbocycles. The summed E-state index contributed by atoms with van der Waals surface area (Å²) in [5, 5.41) is 8.82. The van der Waals surface area contributed by atoms with Crippen LogP contribution in [0.1, 0.15) is 85.5 Å². The van der Waals surface area contributed by atoms with Crippen LogP contribution in [0.5, 0.6) is 0 Å². The average Bonchev–Trinajstić information content (AvgIpc) is 2.38. The van der Waals surface area contributed by atoms with E-state index in [1.54, 1.807) is 0 Å². The fourth-order valence-electron chi connectivity index (χ4n) is 2.79. The number of rotatable bonds is 13. The molecule has 0 aromatic heterocycles. The number of allylic oxidation sites excluding steroid dienone is 1. The van der Waals surface area contributed by atoms with Gasteiger partial charge in [-0.2, -0.15) is 0 Å². The van der Waals surface area contributed by atoms with Gasteiger partial charge in [-0.15, -0.1) is 0 Å². The van der Waals surface area contributed by atoms with Crippen molar-refractivity contribution in [2.45, 2.75) is 91.5 Å². The zero-order valence-electron chi connectivity index (χ0n) is 14.9. The molecule has 0 aliphatic rings. The van der Waals surface area contributed by atoms with Gasteiger partial charge in [-0.1, -0.05) is 64.5 Å². The molecular formula is C19H39NO. The van der Waals surface area contributed by atoms with E-state index >= 15 is 0 Å².